The molecule has 4 fully saturated rings. The van der Waals surface area contributed by atoms with Crippen molar-refractivity contribution in [2.45, 2.75) is 67.3 Å². The van der Waals surface area contributed by atoms with Crippen LogP contribution in [0.1, 0.15) is 61.3 Å². The molecule has 0 bridgehead atoms. The highest BCUT2D eigenvalue weighted by Gasteiger charge is 2.66. The molecule has 4 heteroatoms. The lowest BCUT2D eigenvalue weighted by Crippen LogP contribution is -2.36. The van der Waals surface area contributed by atoms with Gasteiger partial charge >= 0.3 is 0 Å². The molecule has 0 saturated heterocycles. The van der Waals surface area contributed by atoms with Crippen molar-refractivity contribution < 1.29 is 9.59 Å². The van der Waals surface area contributed by atoms with Crippen molar-refractivity contribution in [3.05, 3.63) is 22.5 Å². The lowest BCUT2D eigenvalue weighted by atomic mass is 9.95. The number of carbonyl (C=O) groups is 2. The van der Waals surface area contributed by atoms with Crippen LogP contribution in [-0.2, 0) is 9.59 Å². The van der Waals surface area contributed by atoms with Crippen LogP contribution >= 0.6 is 0 Å². The standard InChI is InChI=1S/C23H34N2O2/c1-11(25-13(3)19-17(27)9-15-21(19)23(15,6)7)10-24-12(2)18-16(26)8-14-20(18)22(14,4)5/h11,14-15,20-21,24-25H,8-10H2,1-7H3/b18-12+,19-13-/t11?,14-,15-,20-,21-/m1/s1. The Kier molecular flexibility index (Phi) is 3.97. The molecule has 4 aliphatic rings. The maximum Gasteiger partial charge on any atom is 0.161 e. The zero-order chi connectivity index (χ0) is 19.9. The molecule has 0 amide bonds. The minimum atomic E-state index is 0.196. The second kappa shape index (κ2) is 5.71. The molecular formula is C23H34N2O2. The predicted molar refractivity (Wildman–Crippen MR) is 107 cm³/mol. The summed E-state index contributed by atoms with van der Waals surface area (Å²) in [6, 6.07) is 0.196. The molecule has 2 N–H and O–H groups in total. The first-order valence-electron chi connectivity index (χ1n) is 10.5. The zero-order valence-electron chi connectivity index (χ0n) is 17.8. The van der Waals surface area contributed by atoms with Gasteiger partial charge in [0.25, 0.3) is 0 Å². The van der Waals surface area contributed by atoms with Gasteiger partial charge in [-0.3, -0.25) is 9.59 Å². The van der Waals surface area contributed by atoms with Gasteiger partial charge < -0.3 is 10.6 Å². The average molecular weight is 371 g/mol. The van der Waals surface area contributed by atoms with Gasteiger partial charge in [-0.2, -0.15) is 0 Å². The Morgan fingerprint density at radius 3 is 1.81 bits per heavy atom. The smallest absolute Gasteiger partial charge is 0.161 e. The largest absolute Gasteiger partial charge is 0.386 e. The van der Waals surface area contributed by atoms with Crippen LogP contribution in [0.4, 0.5) is 0 Å². The molecule has 4 rings (SSSR count). The molecule has 0 aliphatic heterocycles. The van der Waals surface area contributed by atoms with E-state index in [1.165, 1.54) is 0 Å². The predicted octanol–water partition coefficient (Wildman–Crippen LogP) is 3.59. The van der Waals surface area contributed by atoms with Crippen molar-refractivity contribution in [1.29, 1.82) is 0 Å². The monoisotopic (exact) mass is 370 g/mol. The summed E-state index contributed by atoms with van der Waals surface area (Å²) < 4.78 is 0. The van der Waals surface area contributed by atoms with Crippen LogP contribution in [0.5, 0.6) is 0 Å². The van der Waals surface area contributed by atoms with Crippen LogP contribution in [0, 0.1) is 34.5 Å². The molecule has 148 valence electrons. The molecule has 4 saturated carbocycles. The van der Waals surface area contributed by atoms with Crippen LogP contribution in [0.25, 0.3) is 0 Å². The van der Waals surface area contributed by atoms with E-state index in [2.05, 4.69) is 45.3 Å². The summed E-state index contributed by atoms with van der Waals surface area (Å²) in [4.78, 5) is 24.7. The minimum Gasteiger partial charge on any atom is -0.386 e. The second-order valence-corrected chi connectivity index (χ2v) is 10.6. The van der Waals surface area contributed by atoms with Gasteiger partial charge in [0.05, 0.1) is 0 Å². The fourth-order valence-electron chi connectivity index (χ4n) is 6.15. The van der Waals surface area contributed by atoms with E-state index in [1.54, 1.807) is 0 Å². The van der Waals surface area contributed by atoms with Crippen LogP contribution < -0.4 is 10.6 Å². The van der Waals surface area contributed by atoms with E-state index in [0.717, 1.165) is 29.1 Å². The first-order valence-corrected chi connectivity index (χ1v) is 10.5. The van der Waals surface area contributed by atoms with Crippen LogP contribution in [0.15, 0.2) is 22.5 Å². The maximum absolute atomic E-state index is 12.3. The van der Waals surface area contributed by atoms with Gasteiger partial charge in [-0.1, -0.05) is 27.7 Å². The fourth-order valence-corrected chi connectivity index (χ4v) is 6.15. The average Bonchev–Trinajstić information content (AvgIpc) is 3.08. The van der Waals surface area contributed by atoms with Crippen molar-refractivity contribution in [3.8, 4) is 0 Å². The van der Waals surface area contributed by atoms with E-state index in [9.17, 15) is 9.59 Å². The number of hydrogen-bond donors (Lipinski definition) is 2. The SMILES string of the molecule is C/C(NCC(C)N/C(C)=C1/C(=O)C[C@@H]2[C@H]1C2(C)C)=C1/C(=O)C[C@@H]2[C@H]1C2(C)C. The quantitative estimate of drug-likeness (QED) is 0.726. The highest BCUT2D eigenvalue weighted by molar-refractivity contribution is 6.01. The van der Waals surface area contributed by atoms with E-state index >= 15 is 0 Å². The maximum atomic E-state index is 12.3. The Morgan fingerprint density at radius 2 is 1.37 bits per heavy atom. The summed E-state index contributed by atoms with van der Waals surface area (Å²) in [7, 11) is 0. The third-order valence-corrected chi connectivity index (χ3v) is 8.08. The Labute approximate surface area is 163 Å². The Balaban J connectivity index is 1.39. The van der Waals surface area contributed by atoms with Crippen molar-refractivity contribution in [1.82, 2.24) is 10.6 Å². The molecule has 0 spiro atoms. The van der Waals surface area contributed by atoms with E-state index in [0.29, 0.717) is 48.1 Å². The van der Waals surface area contributed by atoms with E-state index < -0.39 is 0 Å². The van der Waals surface area contributed by atoms with Gasteiger partial charge in [-0.05, 0) is 55.3 Å². The second-order valence-electron chi connectivity index (χ2n) is 10.6. The third-order valence-electron chi connectivity index (χ3n) is 8.08. The first-order chi connectivity index (χ1) is 12.5. The van der Waals surface area contributed by atoms with Gasteiger partial charge in [0.2, 0.25) is 0 Å². The molecule has 27 heavy (non-hydrogen) atoms. The third kappa shape index (κ3) is 2.70. The number of ketones is 2. The molecule has 4 nitrogen and oxygen atoms in total. The van der Waals surface area contributed by atoms with Gasteiger partial charge in [-0.25, -0.2) is 0 Å². The van der Waals surface area contributed by atoms with Crippen molar-refractivity contribution in [3.63, 3.8) is 0 Å². The summed E-state index contributed by atoms with van der Waals surface area (Å²) >= 11 is 0. The summed E-state index contributed by atoms with van der Waals surface area (Å²) in [5, 5.41) is 7.01. The number of allylic oxidation sites excluding steroid dienone is 4. The highest BCUT2D eigenvalue weighted by Crippen LogP contribution is 2.68. The molecule has 5 atom stereocenters. The van der Waals surface area contributed by atoms with Gasteiger partial charge in [-0.15, -0.1) is 0 Å². The number of Topliss-reactive ketones (excluding diaryl/α,β-unsaturated/α-hetero) is 2. The zero-order valence-corrected chi connectivity index (χ0v) is 17.8. The number of nitrogens with one attached hydrogen (secondary N) is 2. The molecule has 0 radical (unpaired) electrons. The number of carbonyl (C=O) groups excluding carboxylic acids is 2. The van der Waals surface area contributed by atoms with Gasteiger partial charge in [0.15, 0.2) is 11.6 Å². The van der Waals surface area contributed by atoms with Crippen molar-refractivity contribution in [2.24, 2.45) is 34.5 Å². The van der Waals surface area contributed by atoms with Gasteiger partial charge in [0, 0.05) is 48.0 Å². The summed E-state index contributed by atoms with van der Waals surface area (Å²) in [5.41, 5.74) is 4.70. The first kappa shape index (κ1) is 18.8. The highest BCUT2D eigenvalue weighted by atomic mass is 16.1. The van der Waals surface area contributed by atoms with E-state index in [1.807, 2.05) is 13.8 Å². The molecular weight excluding hydrogens is 336 g/mol. The molecule has 4 aliphatic carbocycles. The van der Waals surface area contributed by atoms with Crippen LogP contribution in [0.3, 0.4) is 0 Å². The van der Waals surface area contributed by atoms with Gasteiger partial charge in [0.1, 0.15) is 0 Å². The molecule has 0 aromatic heterocycles. The van der Waals surface area contributed by atoms with Crippen molar-refractivity contribution >= 4 is 11.6 Å². The van der Waals surface area contributed by atoms with E-state index in [4.69, 9.17) is 0 Å². The lowest BCUT2D eigenvalue weighted by Gasteiger charge is -2.21. The van der Waals surface area contributed by atoms with E-state index in [-0.39, 0.29) is 16.9 Å². The molecule has 0 heterocycles. The topological polar surface area (TPSA) is 58.2 Å². The lowest BCUT2D eigenvalue weighted by molar-refractivity contribution is -0.116. The van der Waals surface area contributed by atoms with Crippen molar-refractivity contribution in [2.75, 3.05) is 6.54 Å². The number of rotatable bonds is 5. The summed E-state index contributed by atoms with van der Waals surface area (Å²) in [5.74, 6) is 2.61. The normalized spacial score (nSPS) is 39.5. The molecule has 1 unspecified atom stereocenters. The Hall–Kier alpha value is -1.58. The number of fused-ring (bicyclic) bond motifs is 2. The molecule has 0 aromatic rings. The Morgan fingerprint density at radius 1 is 0.926 bits per heavy atom. The molecule has 0 aromatic carbocycles. The fraction of sp³-hybridized carbons (Fsp3) is 0.739. The summed E-state index contributed by atoms with van der Waals surface area (Å²) in [6.45, 7) is 16.0. The Bertz CT molecular complexity index is 786. The number of hydrogen-bond acceptors (Lipinski definition) is 4. The summed E-state index contributed by atoms with van der Waals surface area (Å²) in [6.07, 6.45) is 1.43. The van der Waals surface area contributed by atoms with Crippen LogP contribution in [0.2, 0.25) is 0 Å². The van der Waals surface area contributed by atoms with Crippen LogP contribution in [-0.4, -0.2) is 24.2 Å². The minimum absolute atomic E-state index is 0.196.